The summed E-state index contributed by atoms with van der Waals surface area (Å²) in [7, 11) is 1.84. The van der Waals surface area contributed by atoms with E-state index in [9.17, 15) is 4.79 Å². The molecule has 0 radical (unpaired) electrons. The van der Waals surface area contributed by atoms with E-state index in [1.807, 2.05) is 13.1 Å². The van der Waals surface area contributed by atoms with Crippen LogP contribution in [0.2, 0.25) is 0 Å². The third-order valence-corrected chi connectivity index (χ3v) is 3.98. The van der Waals surface area contributed by atoms with Crippen LogP contribution in [-0.2, 0) is 11.3 Å². The molecular weight excluding hydrogens is 298 g/mol. The minimum atomic E-state index is 0.185. The number of thiophene rings is 1. The highest BCUT2D eigenvalue weighted by Gasteiger charge is 2.09. The van der Waals surface area contributed by atoms with Crippen molar-refractivity contribution >= 4 is 33.2 Å². The second-order valence-electron chi connectivity index (χ2n) is 3.92. The Kier molecular flexibility index (Phi) is 6.31. The number of amides is 1. The fourth-order valence-electron chi connectivity index (χ4n) is 1.48. The van der Waals surface area contributed by atoms with Crippen LogP contribution >= 0.6 is 27.3 Å². The molecule has 1 rings (SSSR count). The van der Waals surface area contributed by atoms with Crippen LogP contribution in [0.5, 0.6) is 0 Å². The SMILES string of the molecule is C#CCCCCC(=O)N(C)Cc1csc(Br)c1. The van der Waals surface area contributed by atoms with Crippen molar-refractivity contribution in [1.82, 2.24) is 4.90 Å². The van der Waals surface area contributed by atoms with E-state index >= 15 is 0 Å². The summed E-state index contributed by atoms with van der Waals surface area (Å²) < 4.78 is 1.10. The van der Waals surface area contributed by atoms with Crippen LogP contribution < -0.4 is 0 Å². The highest BCUT2D eigenvalue weighted by molar-refractivity contribution is 9.11. The van der Waals surface area contributed by atoms with Crippen LogP contribution in [0.4, 0.5) is 0 Å². The number of carbonyl (C=O) groups excluding carboxylic acids is 1. The first-order valence-corrected chi connectivity index (χ1v) is 7.21. The number of rotatable bonds is 6. The summed E-state index contributed by atoms with van der Waals surface area (Å²) in [6, 6.07) is 2.05. The van der Waals surface area contributed by atoms with Gasteiger partial charge in [-0.3, -0.25) is 4.79 Å². The van der Waals surface area contributed by atoms with Crippen molar-refractivity contribution in [2.24, 2.45) is 0 Å². The molecule has 1 heterocycles. The van der Waals surface area contributed by atoms with Crippen molar-refractivity contribution in [2.75, 3.05) is 7.05 Å². The molecule has 0 saturated heterocycles. The van der Waals surface area contributed by atoms with Crippen molar-refractivity contribution in [3.05, 3.63) is 20.8 Å². The fourth-order valence-corrected chi connectivity index (χ4v) is 2.69. The molecule has 0 saturated carbocycles. The molecule has 0 aliphatic rings. The Labute approximate surface area is 115 Å². The molecule has 0 aliphatic carbocycles. The van der Waals surface area contributed by atoms with E-state index in [0.717, 1.165) is 23.0 Å². The van der Waals surface area contributed by atoms with Crippen molar-refractivity contribution < 1.29 is 4.79 Å². The Balaban J connectivity index is 2.30. The summed E-state index contributed by atoms with van der Waals surface area (Å²) in [4.78, 5) is 13.6. The lowest BCUT2D eigenvalue weighted by Crippen LogP contribution is -2.25. The smallest absolute Gasteiger partial charge is 0.222 e. The van der Waals surface area contributed by atoms with E-state index in [0.29, 0.717) is 13.0 Å². The van der Waals surface area contributed by atoms with E-state index in [4.69, 9.17) is 6.42 Å². The largest absolute Gasteiger partial charge is 0.341 e. The van der Waals surface area contributed by atoms with Gasteiger partial charge in [-0.1, -0.05) is 0 Å². The number of terminal acetylenes is 1. The Bertz CT molecular complexity index is 408. The topological polar surface area (TPSA) is 20.3 Å². The molecule has 0 aromatic carbocycles. The van der Waals surface area contributed by atoms with E-state index in [1.54, 1.807) is 16.2 Å². The van der Waals surface area contributed by atoms with Crippen molar-refractivity contribution in [2.45, 2.75) is 32.2 Å². The summed E-state index contributed by atoms with van der Waals surface area (Å²) in [6.45, 7) is 0.677. The van der Waals surface area contributed by atoms with Gasteiger partial charge in [0.05, 0.1) is 3.79 Å². The zero-order valence-corrected chi connectivity index (χ0v) is 12.3. The van der Waals surface area contributed by atoms with Crippen LogP contribution in [0.15, 0.2) is 15.2 Å². The number of halogens is 1. The Morgan fingerprint density at radius 2 is 2.35 bits per heavy atom. The summed E-state index contributed by atoms with van der Waals surface area (Å²) in [5.74, 6) is 2.77. The lowest BCUT2D eigenvalue weighted by atomic mass is 10.2. The predicted molar refractivity (Wildman–Crippen MR) is 75.8 cm³/mol. The Morgan fingerprint density at radius 1 is 1.59 bits per heavy atom. The maximum Gasteiger partial charge on any atom is 0.222 e. The van der Waals surface area contributed by atoms with Gasteiger partial charge in [0.15, 0.2) is 0 Å². The number of hydrogen-bond acceptors (Lipinski definition) is 2. The third-order valence-electron chi connectivity index (χ3n) is 2.43. The number of hydrogen-bond donors (Lipinski definition) is 0. The Morgan fingerprint density at radius 3 is 2.94 bits per heavy atom. The predicted octanol–water partition coefficient (Wildman–Crippen LogP) is 3.66. The first kappa shape index (κ1) is 14.3. The van der Waals surface area contributed by atoms with Gasteiger partial charge in [-0.2, -0.15) is 0 Å². The zero-order chi connectivity index (χ0) is 12.7. The first-order valence-electron chi connectivity index (χ1n) is 5.54. The van der Waals surface area contributed by atoms with E-state index < -0.39 is 0 Å². The van der Waals surface area contributed by atoms with Gasteiger partial charge in [0, 0.05) is 26.4 Å². The molecule has 0 spiro atoms. The summed E-state index contributed by atoms with van der Waals surface area (Å²) in [5.41, 5.74) is 1.17. The summed E-state index contributed by atoms with van der Waals surface area (Å²) in [5, 5.41) is 2.06. The van der Waals surface area contributed by atoms with E-state index in [1.165, 1.54) is 5.56 Å². The van der Waals surface area contributed by atoms with Crippen molar-refractivity contribution in [3.63, 3.8) is 0 Å². The normalized spacial score (nSPS) is 9.94. The van der Waals surface area contributed by atoms with Gasteiger partial charge in [0.1, 0.15) is 0 Å². The van der Waals surface area contributed by atoms with Crippen LogP contribution in [0.25, 0.3) is 0 Å². The van der Waals surface area contributed by atoms with Crippen LogP contribution in [0, 0.1) is 12.3 Å². The Hall–Kier alpha value is -0.790. The summed E-state index contributed by atoms with van der Waals surface area (Å²) in [6.07, 6.45) is 8.31. The molecule has 0 N–H and O–H groups in total. The lowest BCUT2D eigenvalue weighted by Gasteiger charge is -2.16. The average Bonchev–Trinajstić information content (AvgIpc) is 2.70. The van der Waals surface area contributed by atoms with Gasteiger partial charge >= 0.3 is 0 Å². The quantitative estimate of drug-likeness (QED) is 0.579. The first-order chi connectivity index (χ1) is 8.13. The van der Waals surface area contributed by atoms with Gasteiger partial charge in [0.25, 0.3) is 0 Å². The maximum atomic E-state index is 11.8. The molecule has 17 heavy (non-hydrogen) atoms. The molecule has 1 aromatic rings. The second-order valence-corrected chi connectivity index (χ2v) is 6.21. The van der Waals surface area contributed by atoms with Crippen LogP contribution in [-0.4, -0.2) is 17.9 Å². The molecule has 92 valence electrons. The standard InChI is InChI=1S/C13H16BrNOS/c1-3-4-5-6-7-13(16)15(2)9-11-8-12(14)17-10-11/h1,8,10H,4-7,9H2,2H3. The zero-order valence-electron chi connectivity index (χ0n) is 9.91. The molecule has 1 amide bonds. The molecule has 2 nitrogen and oxygen atoms in total. The molecular formula is C13H16BrNOS. The van der Waals surface area contributed by atoms with Crippen molar-refractivity contribution in [3.8, 4) is 12.3 Å². The van der Waals surface area contributed by atoms with Crippen LogP contribution in [0.3, 0.4) is 0 Å². The second kappa shape index (κ2) is 7.52. The number of unbranched alkanes of at least 4 members (excludes halogenated alkanes) is 2. The molecule has 4 heteroatoms. The molecule has 0 bridgehead atoms. The number of carbonyl (C=O) groups is 1. The monoisotopic (exact) mass is 313 g/mol. The van der Waals surface area contributed by atoms with Crippen molar-refractivity contribution in [1.29, 1.82) is 0 Å². The molecule has 0 unspecified atom stereocenters. The minimum Gasteiger partial charge on any atom is -0.341 e. The van der Waals surface area contributed by atoms with Gasteiger partial charge < -0.3 is 4.90 Å². The minimum absolute atomic E-state index is 0.185. The fraction of sp³-hybridized carbons (Fsp3) is 0.462. The molecule has 0 fully saturated rings. The van der Waals surface area contributed by atoms with E-state index in [2.05, 4.69) is 27.2 Å². The molecule has 1 aromatic heterocycles. The van der Waals surface area contributed by atoms with Gasteiger partial charge in [-0.15, -0.1) is 23.7 Å². The van der Waals surface area contributed by atoms with Crippen LogP contribution in [0.1, 0.15) is 31.2 Å². The highest BCUT2D eigenvalue weighted by atomic mass is 79.9. The van der Waals surface area contributed by atoms with Gasteiger partial charge in [0.2, 0.25) is 5.91 Å². The van der Waals surface area contributed by atoms with Gasteiger partial charge in [-0.05, 0) is 45.8 Å². The van der Waals surface area contributed by atoms with Gasteiger partial charge in [-0.25, -0.2) is 0 Å². The molecule has 0 aliphatic heterocycles. The summed E-state index contributed by atoms with van der Waals surface area (Å²) >= 11 is 5.05. The lowest BCUT2D eigenvalue weighted by molar-refractivity contribution is -0.130. The van der Waals surface area contributed by atoms with E-state index in [-0.39, 0.29) is 5.91 Å². The molecule has 0 atom stereocenters. The maximum absolute atomic E-state index is 11.8. The average molecular weight is 314 g/mol. The highest BCUT2D eigenvalue weighted by Crippen LogP contribution is 2.21. The third kappa shape index (κ3) is 5.38. The number of nitrogens with zero attached hydrogens (tertiary/aromatic N) is 1.